The Morgan fingerprint density at radius 3 is 2.56 bits per heavy atom. The fourth-order valence-electron chi connectivity index (χ4n) is 6.14. The van der Waals surface area contributed by atoms with Crippen LogP contribution in [0.25, 0.3) is 0 Å². The third-order valence-electron chi connectivity index (χ3n) is 8.63. The lowest BCUT2D eigenvalue weighted by Crippen LogP contribution is -2.51. The van der Waals surface area contributed by atoms with E-state index in [0.29, 0.717) is 46.6 Å². The number of methoxy groups -OCH3 is 1. The minimum atomic E-state index is -0.309. The van der Waals surface area contributed by atoms with Crippen molar-refractivity contribution in [2.45, 2.75) is 77.0 Å². The molecule has 10 nitrogen and oxygen atoms in total. The Morgan fingerprint density at radius 1 is 1.18 bits per heavy atom. The number of amides is 2. The zero-order valence-electron chi connectivity index (χ0n) is 23.9. The first kappa shape index (κ1) is 27.2. The molecule has 1 aromatic heterocycles. The molecule has 2 amide bonds. The van der Waals surface area contributed by atoms with Crippen LogP contribution >= 0.6 is 0 Å². The van der Waals surface area contributed by atoms with Gasteiger partial charge in [0.05, 0.1) is 19.0 Å². The van der Waals surface area contributed by atoms with Gasteiger partial charge in [0.1, 0.15) is 17.5 Å². The number of rotatable bonds is 8. The molecule has 3 atom stereocenters. The maximum absolute atomic E-state index is 13.1. The number of hydrogen-bond acceptors (Lipinski definition) is 8. The molecular weight excluding hydrogens is 494 g/mol. The monoisotopic (exact) mass is 535 g/mol. The summed E-state index contributed by atoms with van der Waals surface area (Å²) >= 11 is 0. The van der Waals surface area contributed by atoms with Gasteiger partial charge in [0.15, 0.2) is 5.82 Å². The van der Waals surface area contributed by atoms with E-state index in [0.717, 1.165) is 31.6 Å². The van der Waals surface area contributed by atoms with Gasteiger partial charge in [0.25, 0.3) is 5.91 Å². The number of anilines is 4. The van der Waals surface area contributed by atoms with Crippen LogP contribution in [0.15, 0.2) is 24.4 Å². The highest BCUT2D eigenvalue weighted by Gasteiger charge is 2.39. The van der Waals surface area contributed by atoms with Crippen LogP contribution < -0.4 is 25.2 Å². The van der Waals surface area contributed by atoms with Crippen molar-refractivity contribution in [2.75, 3.05) is 42.9 Å². The number of nitrogens with one attached hydrogen (secondary N) is 2. The van der Waals surface area contributed by atoms with E-state index >= 15 is 0 Å². The SMILES string of the molecule is COc1cc(C(=O)NC2CC3CCC(C2)N3C)ccc1Nc1ncc2c(n1)N(CCC(C)C)[C@H](C)C(=O)N2C. The minimum absolute atomic E-state index is 0.0269. The zero-order valence-corrected chi connectivity index (χ0v) is 23.9. The van der Waals surface area contributed by atoms with Gasteiger partial charge in [-0.25, -0.2) is 4.98 Å². The molecule has 2 saturated heterocycles. The number of ether oxygens (including phenoxy) is 1. The summed E-state index contributed by atoms with van der Waals surface area (Å²) in [5.41, 5.74) is 1.91. The quantitative estimate of drug-likeness (QED) is 0.526. The highest BCUT2D eigenvalue weighted by Crippen LogP contribution is 2.36. The summed E-state index contributed by atoms with van der Waals surface area (Å²) in [7, 11) is 5.54. The molecule has 0 aliphatic carbocycles. The number of nitrogens with zero attached hydrogens (tertiary/aromatic N) is 5. The van der Waals surface area contributed by atoms with Gasteiger partial charge in [-0.3, -0.25) is 9.59 Å². The van der Waals surface area contributed by atoms with Crippen molar-refractivity contribution < 1.29 is 14.3 Å². The van der Waals surface area contributed by atoms with Crippen molar-refractivity contribution in [3.05, 3.63) is 30.0 Å². The van der Waals surface area contributed by atoms with E-state index in [1.165, 1.54) is 12.8 Å². The van der Waals surface area contributed by atoms with Gasteiger partial charge in [-0.1, -0.05) is 13.8 Å². The molecule has 1 aromatic carbocycles. The largest absolute Gasteiger partial charge is 0.495 e. The second-order valence-corrected chi connectivity index (χ2v) is 11.6. The fraction of sp³-hybridized carbons (Fsp3) is 0.586. The Labute approximate surface area is 231 Å². The molecular formula is C29H41N7O3. The topological polar surface area (TPSA) is 103 Å². The van der Waals surface area contributed by atoms with E-state index in [9.17, 15) is 9.59 Å². The van der Waals surface area contributed by atoms with E-state index in [-0.39, 0.29) is 23.9 Å². The second-order valence-electron chi connectivity index (χ2n) is 11.6. The number of aromatic nitrogens is 2. The number of hydrogen-bond donors (Lipinski definition) is 2. The first-order valence-electron chi connectivity index (χ1n) is 14.0. The molecule has 4 heterocycles. The summed E-state index contributed by atoms with van der Waals surface area (Å²) in [6, 6.07) is 6.39. The Morgan fingerprint density at radius 2 is 1.90 bits per heavy atom. The molecule has 0 radical (unpaired) electrons. The molecule has 39 heavy (non-hydrogen) atoms. The maximum Gasteiger partial charge on any atom is 0.251 e. The third-order valence-corrected chi connectivity index (χ3v) is 8.63. The molecule has 2 N–H and O–H groups in total. The molecule has 3 aliphatic rings. The normalized spacial score (nSPS) is 24.6. The van der Waals surface area contributed by atoms with Crippen LogP contribution in [0.2, 0.25) is 0 Å². The summed E-state index contributed by atoms with van der Waals surface area (Å²) in [5.74, 6) is 2.11. The molecule has 0 saturated carbocycles. The predicted octanol–water partition coefficient (Wildman–Crippen LogP) is 3.80. The molecule has 2 fully saturated rings. The number of likely N-dealkylation sites (N-methyl/N-ethyl adjacent to an activating group) is 1. The molecule has 2 unspecified atom stereocenters. The predicted molar refractivity (Wildman–Crippen MR) is 153 cm³/mol. The van der Waals surface area contributed by atoms with E-state index in [1.807, 2.05) is 13.0 Å². The fourth-order valence-corrected chi connectivity index (χ4v) is 6.14. The van der Waals surface area contributed by atoms with Crippen LogP contribution in [0, 0.1) is 5.92 Å². The van der Waals surface area contributed by atoms with Crippen molar-refractivity contribution >= 4 is 35.0 Å². The number of carbonyl (C=O) groups excluding carboxylic acids is 2. The van der Waals surface area contributed by atoms with Crippen LogP contribution in [-0.4, -0.2) is 78.6 Å². The summed E-state index contributed by atoms with van der Waals surface area (Å²) < 4.78 is 5.64. The molecule has 5 rings (SSSR count). The Kier molecular flexibility index (Phi) is 7.66. The standard InChI is InChI=1S/C29H41N7O3/c1-17(2)11-12-36-18(3)28(38)35(5)24-16-30-29(33-26(24)36)32-23-10-7-19(13-25(23)39-6)27(37)31-20-14-21-8-9-22(15-20)34(21)4/h7,10,13,16-18,20-22H,8-9,11-12,14-15H2,1-6H3,(H,31,37)(H,30,32,33)/t18-,20?,21?,22?/m1/s1. The van der Waals surface area contributed by atoms with Gasteiger partial charge < -0.3 is 30.1 Å². The van der Waals surface area contributed by atoms with Crippen molar-refractivity contribution in [1.29, 1.82) is 0 Å². The minimum Gasteiger partial charge on any atom is -0.495 e. The molecule has 3 aliphatic heterocycles. The van der Waals surface area contributed by atoms with Crippen molar-refractivity contribution in [1.82, 2.24) is 20.2 Å². The smallest absolute Gasteiger partial charge is 0.251 e. The van der Waals surface area contributed by atoms with E-state index < -0.39 is 0 Å². The van der Waals surface area contributed by atoms with Crippen molar-refractivity contribution in [3.63, 3.8) is 0 Å². The highest BCUT2D eigenvalue weighted by atomic mass is 16.5. The van der Waals surface area contributed by atoms with Crippen LogP contribution in [0.4, 0.5) is 23.1 Å². The second kappa shape index (κ2) is 11.0. The van der Waals surface area contributed by atoms with Gasteiger partial charge in [-0.15, -0.1) is 0 Å². The maximum atomic E-state index is 13.1. The van der Waals surface area contributed by atoms with E-state index in [1.54, 1.807) is 37.4 Å². The Hall–Kier alpha value is -3.40. The highest BCUT2D eigenvalue weighted by molar-refractivity contribution is 6.04. The van der Waals surface area contributed by atoms with Crippen LogP contribution in [0.3, 0.4) is 0 Å². The van der Waals surface area contributed by atoms with Gasteiger partial charge in [-0.05, 0) is 70.2 Å². The molecule has 10 heteroatoms. The van der Waals surface area contributed by atoms with Gasteiger partial charge in [-0.2, -0.15) is 4.98 Å². The van der Waals surface area contributed by atoms with Gasteiger partial charge in [0.2, 0.25) is 11.9 Å². The number of benzene rings is 1. The molecule has 2 bridgehead atoms. The lowest BCUT2D eigenvalue weighted by Gasteiger charge is -2.39. The lowest BCUT2D eigenvalue weighted by molar-refractivity contribution is -0.119. The third kappa shape index (κ3) is 5.39. The number of piperidine rings is 1. The van der Waals surface area contributed by atoms with Gasteiger partial charge >= 0.3 is 0 Å². The molecule has 2 aromatic rings. The summed E-state index contributed by atoms with van der Waals surface area (Å²) in [6.07, 6.45) is 7.06. The van der Waals surface area contributed by atoms with Crippen LogP contribution in [0.1, 0.15) is 63.2 Å². The number of fused-ring (bicyclic) bond motifs is 3. The average molecular weight is 536 g/mol. The van der Waals surface area contributed by atoms with Crippen LogP contribution in [0.5, 0.6) is 5.75 Å². The van der Waals surface area contributed by atoms with Crippen LogP contribution in [-0.2, 0) is 4.79 Å². The first-order valence-corrected chi connectivity index (χ1v) is 14.0. The Bertz CT molecular complexity index is 1220. The van der Waals surface area contributed by atoms with Crippen molar-refractivity contribution in [3.8, 4) is 5.75 Å². The summed E-state index contributed by atoms with van der Waals surface area (Å²) in [4.78, 5) is 41.4. The average Bonchev–Trinajstić information content (AvgIpc) is 3.11. The summed E-state index contributed by atoms with van der Waals surface area (Å²) in [5, 5.41) is 6.50. The lowest BCUT2D eigenvalue weighted by atomic mass is 9.97. The van der Waals surface area contributed by atoms with Crippen molar-refractivity contribution in [2.24, 2.45) is 5.92 Å². The molecule has 0 spiro atoms. The van der Waals surface area contributed by atoms with Gasteiger partial charge in [0, 0.05) is 37.3 Å². The zero-order chi connectivity index (χ0) is 27.8. The molecule has 210 valence electrons. The number of carbonyl (C=O) groups is 2. The summed E-state index contributed by atoms with van der Waals surface area (Å²) in [6.45, 7) is 6.99. The van der Waals surface area contributed by atoms with E-state index in [2.05, 4.69) is 46.3 Å². The Balaban J connectivity index is 1.33. The first-order chi connectivity index (χ1) is 18.7. The van der Waals surface area contributed by atoms with E-state index in [4.69, 9.17) is 9.72 Å².